The molecule has 0 saturated heterocycles. The highest BCUT2D eigenvalue weighted by atomic mass is 19.3. The van der Waals surface area contributed by atoms with Gasteiger partial charge in [0.25, 0.3) is 6.43 Å². The number of H-pyrrole nitrogens is 1. The van der Waals surface area contributed by atoms with Gasteiger partial charge in [-0.15, -0.1) is 0 Å². The number of nitrogens with zero attached hydrogens (tertiary/aromatic N) is 3. The Morgan fingerprint density at radius 1 is 1.05 bits per heavy atom. The molecule has 1 unspecified atom stereocenters. The molecule has 4 aromatic rings. The van der Waals surface area contributed by atoms with Crippen LogP contribution < -0.4 is 15.4 Å². The number of aromatic amines is 1. The highest BCUT2D eigenvalue weighted by molar-refractivity contribution is 6.02. The monoisotopic (exact) mass is 546 g/mol. The number of hydrogen-bond donors (Lipinski definition) is 2. The van der Waals surface area contributed by atoms with Gasteiger partial charge < -0.3 is 9.84 Å². The maximum Gasteiger partial charge on any atom is 0.439 e. The number of allylic oxidation sites excluding steroid dienone is 1. The van der Waals surface area contributed by atoms with Crippen molar-refractivity contribution in [3.63, 3.8) is 0 Å². The summed E-state index contributed by atoms with van der Waals surface area (Å²) < 4.78 is 38.1. The summed E-state index contributed by atoms with van der Waals surface area (Å²) >= 11 is 0. The molecule has 10 heteroatoms. The maximum atomic E-state index is 14.1. The van der Waals surface area contributed by atoms with Crippen molar-refractivity contribution in [3.8, 4) is 28.3 Å². The van der Waals surface area contributed by atoms with Gasteiger partial charge in [0.15, 0.2) is 17.9 Å². The summed E-state index contributed by atoms with van der Waals surface area (Å²) in [6.07, 6.45) is -2.72. The predicted molar refractivity (Wildman–Crippen MR) is 149 cm³/mol. The molecule has 5 rings (SSSR count). The number of nitrogens with one attached hydrogen (secondary N) is 1. The zero-order valence-corrected chi connectivity index (χ0v) is 22.0. The molecule has 1 aliphatic rings. The van der Waals surface area contributed by atoms with Crippen molar-refractivity contribution in [3.05, 3.63) is 100 Å². The zero-order valence-electron chi connectivity index (χ0n) is 22.0. The summed E-state index contributed by atoms with van der Waals surface area (Å²) in [4.78, 5) is 19.6. The van der Waals surface area contributed by atoms with Crippen molar-refractivity contribution in [2.45, 2.75) is 38.8 Å². The van der Waals surface area contributed by atoms with Gasteiger partial charge in [-0.2, -0.15) is 0 Å². The van der Waals surface area contributed by atoms with Crippen LogP contribution in [0.3, 0.4) is 0 Å². The van der Waals surface area contributed by atoms with Gasteiger partial charge in [0.2, 0.25) is 0 Å². The number of aliphatic hydroxyl groups excluding tert-OH is 1. The number of aliphatic hydroxyl groups is 1. The highest BCUT2D eigenvalue weighted by Gasteiger charge is 2.35. The first-order valence-electron chi connectivity index (χ1n) is 12.8. The number of benzene rings is 3. The van der Waals surface area contributed by atoms with E-state index < -0.39 is 24.2 Å². The molecule has 1 aromatic heterocycles. The second-order valence-corrected chi connectivity index (χ2v) is 9.30. The number of rotatable bonds is 9. The quantitative estimate of drug-likeness (QED) is 0.275. The molecule has 0 bridgehead atoms. The highest BCUT2D eigenvalue weighted by Crippen LogP contribution is 2.34. The van der Waals surface area contributed by atoms with E-state index in [0.29, 0.717) is 53.4 Å². The standard InChI is InChI=1S/C30H28F2N4O4/c1-3-6-25-24(29(37)36(28(33-25)26(31)32)20-13-15-21(39-2)16-14-20)17-18-9-11-19(12-10-18)22-7-4-5-8-23(22)27-34-30(38)40-35-27/h4-5,7-16,26,29,37H,3,6,17H2,1-2H3,(H,34,35,38). The first kappa shape index (κ1) is 27.0. The van der Waals surface area contributed by atoms with Crippen LogP contribution in [0.25, 0.3) is 22.5 Å². The van der Waals surface area contributed by atoms with Gasteiger partial charge in [0.05, 0.1) is 7.11 Å². The molecule has 206 valence electrons. The lowest BCUT2D eigenvalue weighted by Gasteiger charge is -2.36. The molecule has 0 spiro atoms. The Morgan fingerprint density at radius 2 is 1.75 bits per heavy atom. The number of halogens is 2. The molecule has 0 radical (unpaired) electrons. The van der Waals surface area contributed by atoms with Crippen LogP contribution in [0.1, 0.15) is 25.3 Å². The normalized spacial score (nSPS) is 15.5. The van der Waals surface area contributed by atoms with Crippen LogP contribution in [-0.2, 0) is 6.42 Å². The van der Waals surface area contributed by atoms with Gasteiger partial charge in [0.1, 0.15) is 5.75 Å². The van der Waals surface area contributed by atoms with Crippen LogP contribution in [0.2, 0.25) is 0 Å². The molecule has 0 fully saturated rings. The van der Waals surface area contributed by atoms with Crippen molar-refractivity contribution < 1.29 is 23.1 Å². The van der Waals surface area contributed by atoms with E-state index in [1.54, 1.807) is 24.3 Å². The lowest BCUT2D eigenvalue weighted by Crippen LogP contribution is -2.48. The Kier molecular flexibility index (Phi) is 7.88. The average molecular weight is 547 g/mol. The summed E-state index contributed by atoms with van der Waals surface area (Å²) in [6.45, 7) is 1.94. The van der Waals surface area contributed by atoms with Crippen molar-refractivity contribution >= 4 is 11.5 Å². The van der Waals surface area contributed by atoms with E-state index >= 15 is 0 Å². The lowest BCUT2D eigenvalue weighted by molar-refractivity contribution is 0.189. The molecule has 0 saturated carbocycles. The maximum absolute atomic E-state index is 14.1. The molecule has 2 N–H and O–H groups in total. The lowest BCUT2D eigenvalue weighted by atomic mass is 9.94. The van der Waals surface area contributed by atoms with Gasteiger partial charge in [-0.3, -0.25) is 14.4 Å². The molecule has 2 heterocycles. The van der Waals surface area contributed by atoms with E-state index in [4.69, 9.17) is 4.74 Å². The second kappa shape index (κ2) is 11.7. The van der Waals surface area contributed by atoms with E-state index in [0.717, 1.165) is 16.7 Å². The number of aromatic nitrogens is 2. The van der Waals surface area contributed by atoms with Crippen molar-refractivity contribution in [1.29, 1.82) is 0 Å². The Hall–Kier alpha value is -4.57. The molecule has 0 amide bonds. The summed E-state index contributed by atoms with van der Waals surface area (Å²) in [5.74, 6) is -0.216. The third-order valence-corrected chi connectivity index (χ3v) is 6.74. The largest absolute Gasteiger partial charge is 0.497 e. The summed E-state index contributed by atoms with van der Waals surface area (Å²) in [6, 6.07) is 21.7. The summed E-state index contributed by atoms with van der Waals surface area (Å²) in [5, 5.41) is 15.3. The molecule has 0 aliphatic carbocycles. The number of hydrogen-bond acceptors (Lipinski definition) is 7. The minimum atomic E-state index is -2.87. The number of methoxy groups -OCH3 is 1. The Labute approximate surface area is 229 Å². The van der Waals surface area contributed by atoms with E-state index in [9.17, 15) is 18.7 Å². The van der Waals surface area contributed by atoms with Gasteiger partial charge >= 0.3 is 5.76 Å². The van der Waals surface area contributed by atoms with Gasteiger partial charge in [0, 0.05) is 22.5 Å². The van der Waals surface area contributed by atoms with Crippen LogP contribution in [0.15, 0.2) is 98.4 Å². The molecular formula is C30H28F2N4O4. The Morgan fingerprint density at radius 3 is 2.35 bits per heavy atom. The fourth-order valence-electron chi connectivity index (χ4n) is 4.82. The number of ether oxygens (including phenoxy) is 1. The van der Waals surface area contributed by atoms with E-state index in [-0.39, 0.29) is 0 Å². The van der Waals surface area contributed by atoms with Crippen LogP contribution in [-0.4, -0.2) is 40.8 Å². The van der Waals surface area contributed by atoms with E-state index in [2.05, 4.69) is 19.7 Å². The van der Waals surface area contributed by atoms with Crippen molar-refractivity contribution in [1.82, 2.24) is 10.1 Å². The fourth-order valence-corrected chi connectivity index (χ4v) is 4.82. The topological polar surface area (TPSA) is 104 Å². The molecule has 1 aliphatic heterocycles. The van der Waals surface area contributed by atoms with Gasteiger partial charge in [-0.05, 0) is 53.8 Å². The Bertz CT molecular complexity index is 1590. The minimum Gasteiger partial charge on any atom is -0.497 e. The number of amidine groups is 1. The van der Waals surface area contributed by atoms with Crippen LogP contribution in [0, 0.1) is 0 Å². The molecule has 3 aromatic carbocycles. The SMILES string of the molecule is CCCC1=C(Cc2ccc(-c3ccccc3-c3noc(=O)[nH]3)cc2)C(O)N(c2ccc(OC)cc2)C(C(F)F)=N1. The molecule has 8 nitrogen and oxygen atoms in total. The van der Waals surface area contributed by atoms with Crippen LogP contribution in [0.5, 0.6) is 5.75 Å². The van der Waals surface area contributed by atoms with Crippen molar-refractivity contribution in [2.24, 2.45) is 4.99 Å². The molecule has 1 atom stereocenters. The smallest absolute Gasteiger partial charge is 0.439 e. The molecular weight excluding hydrogens is 518 g/mol. The number of anilines is 1. The average Bonchev–Trinajstić information content (AvgIpc) is 3.41. The predicted octanol–water partition coefficient (Wildman–Crippen LogP) is 5.80. The van der Waals surface area contributed by atoms with Crippen LogP contribution in [0.4, 0.5) is 14.5 Å². The fraction of sp³-hybridized carbons (Fsp3) is 0.233. The number of aliphatic imine (C=N–C) groups is 1. The van der Waals surface area contributed by atoms with Gasteiger partial charge in [-0.1, -0.05) is 67.0 Å². The Balaban J connectivity index is 1.48. The summed E-state index contributed by atoms with van der Waals surface area (Å²) in [5.41, 5.74) is 4.74. The minimum absolute atomic E-state index is 0.321. The van der Waals surface area contributed by atoms with E-state index in [1.807, 2.05) is 55.5 Å². The van der Waals surface area contributed by atoms with Crippen molar-refractivity contribution in [2.75, 3.05) is 12.0 Å². The van der Waals surface area contributed by atoms with E-state index in [1.165, 1.54) is 12.0 Å². The third-order valence-electron chi connectivity index (χ3n) is 6.74. The molecule has 40 heavy (non-hydrogen) atoms. The first-order valence-corrected chi connectivity index (χ1v) is 12.8. The third kappa shape index (κ3) is 5.43. The first-order chi connectivity index (χ1) is 19.4. The van der Waals surface area contributed by atoms with Crippen LogP contribution >= 0.6 is 0 Å². The zero-order chi connectivity index (χ0) is 28.2. The summed E-state index contributed by atoms with van der Waals surface area (Å²) in [7, 11) is 1.52. The number of alkyl halides is 2. The second-order valence-electron chi connectivity index (χ2n) is 9.30. The van der Waals surface area contributed by atoms with Gasteiger partial charge in [-0.25, -0.2) is 18.6 Å².